The Morgan fingerprint density at radius 2 is 0.408 bits per heavy atom. The summed E-state index contributed by atoms with van der Waals surface area (Å²) in [4.78, 5) is 320. The van der Waals surface area contributed by atoms with E-state index in [1.807, 2.05) is 0 Å². The van der Waals surface area contributed by atoms with Crippen LogP contribution in [0.3, 0.4) is 0 Å². The van der Waals surface area contributed by atoms with E-state index in [1.54, 1.807) is 0 Å². The number of unbranched alkanes of at least 4 members (excludes halogenated alkanes) is 2. The second kappa shape index (κ2) is 67.6. The Labute approximate surface area is 807 Å². The molecular weight excluding hydrogens is 1900 g/mol. The van der Waals surface area contributed by atoms with Gasteiger partial charge in [-0.15, -0.1) is 0 Å². The summed E-state index contributed by atoms with van der Waals surface area (Å²) in [5.74, 6) is -26.7. The normalized spacial score (nSPS) is 13.2. The van der Waals surface area contributed by atoms with E-state index in [1.165, 1.54) is 48.5 Å². The van der Waals surface area contributed by atoms with Gasteiger partial charge in [-0.25, -0.2) is 0 Å². The van der Waals surface area contributed by atoms with Gasteiger partial charge in [0.25, 0.3) is 0 Å². The van der Waals surface area contributed by atoms with Gasteiger partial charge in [-0.1, -0.05) is 24.3 Å². The molecule has 2 aromatic rings. The number of carbonyl (C=O) groups excluding carboxylic acids is 25. The molecule has 788 valence electrons. The maximum Gasteiger partial charge on any atom is 0.245 e. The predicted molar refractivity (Wildman–Crippen MR) is 480 cm³/mol. The molecule has 0 spiro atoms. The highest BCUT2D eigenvalue weighted by Gasteiger charge is 2.36. The van der Waals surface area contributed by atoms with Crippen LogP contribution in [-0.4, -0.2) is 416 Å². The van der Waals surface area contributed by atoms with Crippen molar-refractivity contribution in [2.75, 3.05) is 144 Å². The fourth-order valence-corrected chi connectivity index (χ4v) is 11.4. The van der Waals surface area contributed by atoms with Crippen LogP contribution in [0.25, 0.3) is 0 Å². The monoisotopic (exact) mass is 2020 g/mol. The van der Waals surface area contributed by atoms with E-state index in [9.17, 15) is 171 Å². The molecule has 142 heavy (non-hydrogen) atoms. The second-order valence-electron chi connectivity index (χ2n) is 30.4. The topological polar surface area (TPSA) is 996 Å². The van der Waals surface area contributed by atoms with Gasteiger partial charge in [-0.3, -0.25) is 120 Å². The molecule has 0 heterocycles. The highest BCUT2D eigenvalue weighted by molar-refractivity contribution is 6.01. The zero-order valence-corrected chi connectivity index (χ0v) is 76.7. The summed E-state index contributed by atoms with van der Waals surface area (Å²) in [6.45, 7) is -16.9. The third kappa shape index (κ3) is 50.1. The molecule has 0 fully saturated rings. The molecule has 62 heteroatoms. The van der Waals surface area contributed by atoms with E-state index in [0.717, 1.165) is 6.92 Å². The number of hydrogen-bond donors (Lipinski definition) is 37. The second-order valence-corrected chi connectivity index (χ2v) is 30.4. The summed E-state index contributed by atoms with van der Waals surface area (Å²) in [7, 11) is 0. The molecule has 2 aromatic carbocycles. The largest absolute Gasteiger partial charge is 0.508 e. The number of phenolic OH excluding ortho intramolecular Hbond substituents is 2. The SMILES string of the molecule is CC(=O)N[C@@H](CO)C(=O)N[C@@H](Cc1ccc(O)cc1)C(=O)N[C@@H](CO)C(=O)NCC(=O)NCC(=O)NCC(=O)NCC(=O)N[C@@H](CO)C(=O)N[C@@H](Cc1ccc(O)cc1)C(=O)N[C@@H](CO)C(=O)NCC(=O)NCC(=O)NCC(=O)NCC(=O)N[C@@H](CO)C(=O)N[C@@H](CCCCN)C(=O)N[C@@H](CO)C(=O)NCC(=O)NCC(=O)NCC(=O)NCC(=O)N[C@@H](CO)C(=O)N[C@@H](CCCCN)C(=O)N[C@@H](CO)C(N)=O. The zero-order valence-electron chi connectivity index (χ0n) is 76.7. The Bertz CT molecular complexity index is 4650. The Morgan fingerprint density at radius 3 is 0.627 bits per heavy atom. The van der Waals surface area contributed by atoms with Crippen molar-refractivity contribution in [2.24, 2.45) is 17.2 Å². The van der Waals surface area contributed by atoms with Crippen molar-refractivity contribution in [1.82, 2.24) is 128 Å². The number of carbonyl (C=O) groups is 25. The standard InChI is InChI=1S/C80H123N27O35/c1-40(116)96-53(36-112)77(139)102-47(18-41-8-12-43(117)13-9-41)75(137)106-51(34-110)71(133)94-27-64(126)88-22-59(121)86-25-62(124)92-31-68(130)99-56(39-115)80(142)103-48(19-42-10-14-44(118)15-11-42)76(138)107-52(35-111)72(134)95-28-65(127)89-21-58(120)85-24-61(123)91-30-67(129)98-55(38-114)79(141)101-46(7-3-5-17-82)74(136)105-50(33-109)70(132)93-26-63(125)87-20-57(119)84-23-60(122)90-29-66(128)97-54(37-113)78(140)100-45(6-2-4-16-81)73(135)104-49(32-108)69(83)131/h8-15,45-56,108-115,117-118H,2-7,16-39,81-82H2,1H3,(H2,83,131)(H,84,119)(H,85,120)(H,86,121)(H,87,125)(H,88,126)(H,89,127)(H,90,122)(H,91,123)(H,92,124)(H,93,132)(H,94,133)(H,95,134)(H,96,116)(H,97,128)(H,98,129)(H,99,130)(H,100,140)(H,101,141)(H,102,139)(H,103,142)(H,104,135)(H,105,136)(H,106,137)(H,107,138)/t45-,46-,47-,48-,49-,50-,51-,52-,53-,54-,55-,56-/m0/s1. The molecule has 0 saturated carbocycles. The third-order valence-corrected chi connectivity index (χ3v) is 19.1. The van der Waals surface area contributed by atoms with Crippen molar-refractivity contribution in [3.63, 3.8) is 0 Å². The van der Waals surface area contributed by atoms with Crippen molar-refractivity contribution in [1.29, 1.82) is 0 Å². The van der Waals surface area contributed by atoms with Gasteiger partial charge >= 0.3 is 0 Å². The lowest BCUT2D eigenvalue weighted by Crippen LogP contribution is -2.59. The molecule has 0 aromatic heterocycles. The maximum atomic E-state index is 13.8. The molecule has 40 N–H and O–H groups in total. The van der Waals surface area contributed by atoms with Gasteiger partial charge in [0.2, 0.25) is 148 Å². The van der Waals surface area contributed by atoms with Crippen LogP contribution in [0.2, 0.25) is 0 Å². The molecule has 0 aliphatic rings. The van der Waals surface area contributed by atoms with E-state index < -0.39 is 358 Å². The lowest BCUT2D eigenvalue weighted by Gasteiger charge is -2.24. The first-order chi connectivity index (χ1) is 67.4. The molecule has 12 atom stereocenters. The Hall–Kier alpha value is -15.6. The highest BCUT2D eigenvalue weighted by atomic mass is 16.3. The van der Waals surface area contributed by atoms with Crippen LogP contribution in [0.5, 0.6) is 11.5 Å². The fraction of sp³-hybridized carbons (Fsp3) is 0.537. The number of benzene rings is 2. The van der Waals surface area contributed by atoms with E-state index >= 15 is 0 Å². The minimum absolute atomic E-state index is 0.0185. The number of hydrogen-bond acceptors (Lipinski definition) is 37. The quantitative estimate of drug-likeness (QED) is 0.0274. The number of primary amides is 1. The lowest BCUT2D eigenvalue weighted by molar-refractivity contribution is -0.135. The van der Waals surface area contributed by atoms with Gasteiger partial charge in [-0.05, 0) is 87.0 Å². The number of nitrogens with one attached hydrogen (secondary N) is 24. The summed E-state index contributed by atoms with van der Waals surface area (Å²) < 4.78 is 0. The van der Waals surface area contributed by atoms with E-state index in [0.29, 0.717) is 18.4 Å². The summed E-state index contributed by atoms with van der Waals surface area (Å²) in [5.41, 5.74) is 16.9. The number of aliphatic hydroxyl groups is 8. The van der Waals surface area contributed by atoms with Crippen LogP contribution in [0, 0.1) is 0 Å². The van der Waals surface area contributed by atoms with Crippen molar-refractivity contribution < 1.29 is 171 Å². The Kier molecular flexibility index (Phi) is 58.3. The molecule has 0 unspecified atom stereocenters. The molecule has 0 aliphatic carbocycles. The first kappa shape index (κ1) is 122. The van der Waals surface area contributed by atoms with Gasteiger partial charge in [0.1, 0.15) is 84.0 Å². The van der Waals surface area contributed by atoms with Gasteiger partial charge in [0.05, 0.1) is 131 Å². The van der Waals surface area contributed by atoms with Crippen molar-refractivity contribution in [3.8, 4) is 11.5 Å². The molecule has 0 aliphatic heterocycles. The molecule has 25 amide bonds. The summed E-state index contributed by atoms with van der Waals surface area (Å²) in [5, 5.41) is 150. The number of aromatic hydroxyl groups is 2. The van der Waals surface area contributed by atoms with Crippen molar-refractivity contribution in [2.45, 2.75) is 131 Å². The van der Waals surface area contributed by atoms with Gasteiger partial charge < -0.3 is 196 Å². The van der Waals surface area contributed by atoms with E-state index in [2.05, 4.69) is 128 Å². The molecule has 0 saturated heterocycles. The zero-order chi connectivity index (χ0) is 107. The van der Waals surface area contributed by atoms with Crippen LogP contribution in [0.1, 0.15) is 56.6 Å². The van der Waals surface area contributed by atoms with Crippen LogP contribution in [0.4, 0.5) is 0 Å². The van der Waals surface area contributed by atoms with Crippen LogP contribution in [-0.2, 0) is 133 Å². The van der Waals surface area contributed by atoms with Gasteiger partial charge in [-0.2, -0.15) is 0 Å². The maximum absolute atomic E-state index is 13.8. The number of nitrogens with two attached hydrogens (primary N) is 3. The van der Waals surface area contributed by atoms with Gasteiger partial charge in [0.15, 0.2) is 0 Å². The van der Waals surface area contributed by atoms with Crippen molar-refractivity contribution >= 4 is 148 Å². The highest BCUT2D eigenvalue weighted by Crippen LogP contribution is 2.15. The average Bonchev–Trinajstić information content (AvgIpc) is 0.856. The lowest BCUT2D eigenvalue weighted by atomic mass is 10.0. The Morgan fingerprint density at radius 1 is 0.225 bits per heavy atom. The van der Waals surface area contributed by atoms with Gasteiger partial charge in [0, 0.05) is 19.8 Å². The smallest absolute Gasteiger partial charge is 0.245 e. The molecule has 2 rings (SSSR count). The predicted octanol–water partition coefficient (Wildman–Crippen LogP) is -23.2. The fourth-order valence-electron chi connectivity index (χ4n) is 11.4. The first-order valence-corrected chi connectivity index (χ1v) is 43.3. The molecule has 62 nitrogen and oxygen atoms in total. The summed E-state index contributed by atoms with van der Waals surface area (Å²) in [6, 6.07) is -9.39. The minimum Gasteiger partial charge on any atom is -0.508 e. The van der Waals surface area contributed by atoms with E-state index in [-0.39, 0.29) is 62.3 Å². The number of amides is 25. The number of aliphatic hydroxyl groups excluding tert-OH is 8. The Balaban J connectivity index is 1.86. The summed E-state index contributed by atoms with van der Waals surface area (Å²) >= 11 is 0. The van der Waals surface area contributed by atoms with Crippen molar-refractivity contribution in [3.05, 3.63) is 59.7 Å². The minimum atomic E-state index is -1.87. The number of phenols is 2. The first-order valence-electron chi connectivity index (χ1n) is 43.3. The average molecular weight is 2020 g/mol. The van der Waals surface area contributed by atoms with Crippen LogP contribution < -0.4 is 145 Å². The van der Waals surface area contributed by atoms with Crippen LogP contribution >= 0.6 is 0 Å². The molecule has 0 radical (unpaired) electrons. The van der Waals surface area contributed by atoms with E-state index in [4.69, 9.17) is 17.2 Å². The number of rotatable bonds is 68. The van der Waals surface area contributed by atoms with Crippen LogP contribution in [0.15, 0.2) is 48.5 Å². The third-order valence-electron chi connectivity index (χ3n) is 19.1. The molecule has 0 bridgehead atoms. The molecular formula is C80H123N27O35. The summed E-state index contributed by atoms with van der Waals surface area (Å²) in [6.07, 6.45) is 0.285.